The van der Waals surface area contributed by atoms with E-state index in [-0.39, 0.29) is 29.0 Å². The van der Waals surface area contributed by atoms with E-state index in [2.05, 4.69) is 9.71 Å². The van der Waals surface area contributed by atoms with E-state index < -0.39 is 10.0 Å². The number of fused-ring (bicyclic) bond motifs is 1. The van der Waals surface area contributed by atoms with Crippen LogP contribution in [0.3, 0.4) is 0 Å². The molecule has 0 saturated heterocycles. The SMILES string of the molecule is CN1C(=O)CCOc2ccc(S(=O)(=O)Nc3nccs3)cc21. The van der Waals surface area contributed by atoms with Crippen LogP contribution in [0.1, 0.15) is 6.42 Å². The highest BCUT2D eigenvalue weighted by atomic mass is 32.2. The maximum absolute atomic E-state index is 12.4. The lowest BCUT2D eigenvalue weighted by atomic mass is 10.2. The highest BCUT2D eigenvalue weighted by Gasteiger charge is 2.23. The first kappa shape index (κ1) is 14.8. The van der Waals surface area contributed by atoms with Gasteiger partial charge in [0.2, 0.25) is 5.91 Å². The molecule has 1 aliphatic heterocycles. The monoisotopic (exact) mass is 339 g/mol. The van der Waals surface area contributed by atoms with Crippen molar-refractivity contribution >= 4 is 38.1 Å². The molecule has 0 saturated carbocycles. The summed E-state index contributed by atoms with van der Waals surface area (Å²) in [5, 5.41) is 1.96. The van der Waals surface area contributed by atoms with Gasteiger partial charge in [-0.3, -0.25) is 9.52 Å². The third kappa shape index (κ3) is 2.77. The van der Waals surface area contributed by atoms with Gasteiger partial charge in [0.15, 0.2) is 5.13 Å². The molecule has 2 heterocycles. The van der Waals surface area contributed by atoms with E-state index in [1.165, 1.54) is 34.6 Å². The molecule has 1 aromatic heterocycles. The van der Waals surface area contributed by atoms with E-state index in [9.17, 15) is 13.2 Å². The summed E-state index contributed by atoms with van der Waals surface area (Å²) in [4.78, 5) is 17.2. The zero-order valence-corrected chi connectivity index (χ0v) is 13.3. The molecule has 0 radical (unpaired) electrons. The smallest absolute Gasteiger partial charge is 0.263 e. The second-order valence-corrected chi connectivity index (χ2v) is 7.20. The van der Waals surface area contributed by atoms with Crippen LogP contribution in [0, 0.1) is 0 Å². The molecule has 22 heavy (non-hydrogen) atoms. The van der Waals surface area contributed by atoms with E-state index >= 15 is 0 Å². The van der Waals surface area contributed by atoms with Gasteiger partial charge in [-0.25, -0.2) is 13.4 Å². The lowest BCUT2D eigenvalue weighted by molar-refractivity contribution is -0.118. The fraction of sp³-hybridized carbons (Fsp3) is 0.231. The van der Waals surface area contributed by atoms with Crippen LogP contribution in [0.15, 0.2) is 34.7 Å². The predicted octanol–water partition coefficient (Wildman–Crippen LogP) is 1.69. The standard InChI is InChI=1S/C13H13N3O4S2/c1-16-10-8-9(2-3-11(10)20-6-4-12(16)17)22(18,19)15-13-14-5-7-21-13/h2-3,5,7-8H,4,6H2,1H3,(H,14,15). The number of sulfonamides is 1. The molecule has 0 aliphatic carbocycles. The Hall–Kier alpha value is -2.13. The minimum Gasteiger partial charge on any atom is -0.491 e. The lowest BCUT2D eigenvalue weighted by Gasteiger charge is -2.17. The minimum absolute atomic E-state index is 0.0478. The van der Waals surface area contributed by atoms with E-state index in [1.54, 1.807) is 18.5 Å². The molecule has 0 unspecified atom stereocenters. The molecule has 9 heteroatoms. The highest BCUT2D eigenvalue weighted by Crippen LogP contribution is 2.33. The average Bonchev–Trinajstić information content (AvgIpc) is 2.93. The predicted molar refractivity (Wildman–Crippen MR) is 82.9 cm³/mol. The number of aromatic nitrogens is 1. The average molecular weight is 339 g/mol. The van der Waals surface area contributed by atoms with E-state index in [0.29, 0.717) is 11.4 Å². The van der Waals surface area contributed by atoms with Crippen LogP contribution in [0.5, 0.6) is 5.75 Å². The maximum Gasteiger partial charge on any atom is 0.263 e. The molecule has 0 spiro atoms. The molecule has 1 aromatic carbocycles. The van der Waals surface area contributed by atoms with Crippen molar-refractivity contribution in [3.05, 3.63) is 29.8 Å². The molecule has 0 fully saturated rings. The van der Waals surface area contributed by atoms with Gasteiger partial charge in [0.05, 0.1) is 23.6 Å². The molecular weight excluding hydrogens is 326 g/mol. The van der Waals surface area contributed by atoms with E-state index in [4.69, 9.17) is 4.74 Å². The summed E-state index contributed by atoms with van der Waals surface area (Å²) in [5.41, 5.74) is 0.435. The second kappa shape index (κ2) is 5.58. The fourth-order valence-electron chi connectivity index (χ4n) is 2.05. The third-order valence-electron chi connectivity index (χ3n) is 3.20. The van der Waals surface area contributed by atoms with Crippen molar-refractivity contribution in [2.75, 3.05) is 23.3 Å². The van der Waals surface area contributed by atoms with Crippen molar-refractivity contribution in [2.24, 2.45) is 0 Å². The van der Waals surface area contributed by atoms with Gasteiger partial charge in [0, 0.05) is 18.6 Å². The van der Waals surface area contributed by atoms with E-state index in [0.717, 1.165) is 0 Å². The molecular formula is C13H13N3O4S2. The van der Waals surface area contributed by atoms with Crippen molar-refractivity contribution in [3.63, 3.8) is 0 Å². The Balaban J connectivity index is 1.99. The molecule has 1 N–H and O–H groups in total. The van der Waals surface area contributed by atoms with Crippen LogP contribution in [0.2, 0.25) is 0 Å². The fourth-order valence-corrected chi connectivity index (χ4v) is 3.85. The number of hydrogen-bond donors (Lipinski definition) is 1. The van der Waals surface area contributed by atoms with E-state index in [1.807, 2.05) is 0 Å². The number of nitrogens with one attached hydrogen (secondary N) is 1. The number of nitrogens with zero attached hydrogens (tertiary/aromatic N) is 2. The minimum atomic E-state index is -3.77. The maximum atomic E-state index is 12.4. The molecule has 1 amide bonds. The summed E-state index contributed by atoms with van der Waals surface area (Å²) in [6, 6.07) is 4.42. The van der Waals surface area contributed by atoms with Crippen LogP contribution < -0.4 is 14.4 Å². The van der Waals surface area contributed by atoms with Gasteiger partial charge in [-0.05, 0) is 18.2 Å². The first-order valence-corrected chi connectivity index (χ1v) is 8.79. The summed E-state index contributed by atoms with van der Waals surface area (Å²) in [6.45, 7) is 0.277. The van der Waals surface area contributed by atoms with Crippen LogP contribution in [-0.4, -0.2) is 33.0 Å². The Morgan fingerprint density at radius 1 is 1.41 bits per heavy atom. The number of benzene rings is 1. The molecule has 116 valence electrons. The molecule has 3 rings (SSSR count). The quantitative estimate of drug-likeness (QED) is 0.919. The number of carbonyl (C=O) groups is 1. The second-order valence-electron chi connectivity index (χ2n) is 4.62. The van der Waals surface area contributed by atoms with Crippen LogP contribution in [0.25, 0.3) is 0 Å². The first-order chi connectivity index (χ1) is 10.5. The Labute approximate surface area is 131 Å². The lowest BCUT2D eigenvalue weighted by Crippen LogP contribution is -2.25. The van der Waals surface area contributed by atoms with Crippen LogP contribution in [0.4, 0.5) is 10.8 Å². The number of anilines is 2. The molecule has 0 bridgehead atoms. The Kier molecular flexibility index (Phi) is 3.75. The van der Waals surface area contributed by atoms with Crippen LogP contribution in [-0.2, 0) is 14.8 Å². The number of amides is 1. The van der Waals surface area contributed by atoms with Crippen molar-refractivity contribution in [3.8, 4) is 5.75 Å². The normalized spacial score (nSPS) is 15.0. The zero-order chi connectivity index (χ0) is 15.7. The molecule has 1 aliphatic rings. The van der Waals surface area contributed by atoms with Gasteiger partial charge in [0.25, 0.3) is 10.0 Å². The number of thiazole rings is 1. The summed E-state index contributed by atoms with van der Waals surface area (Å²) < 4.78 is 32.6. The summed E-state index contributed by atoms with van der Waals surface area (Å²) >= 11 is 1.19. The largest absolute Gasteiger partial charge is 0.491 e. The Morgan fingerprint density at radius 2 is 2.23 bits per heavy atom. The van der Waals surface area contributed by atoms with Crippen molar-refractivity contribution < 1.29 is 17.9 Å². The topological polar surface area (TPSA) is 88.6 Å². The number of ether oxygens (including phenoxy) is 1. The van der Waals surface area contributed by atoms with Gasteiger partial charge >= 0.3 is 0 Å². The van der Waals surface area contributed by atoms with Crippen molar-refractivity contribution in [1.82, 2.24) is 4.98 Å². The van der Waals surface area contributed by atoms with Gasteiger partial charge in [0.1, 0.15) is 5.75 Å². The van der Waals surface area contributed by atoms with Gasteiger partial charge in [-0.1, -0.05) is 0 Å². The molecule has 0 atom stereocenters. The van der Waals surface area contributed by atoms with Crippen molar-refractivity contribution in [1.29, 1.82) is 0 Å². The summed E-state index contributed by atoms with van der Waals surface area (Å²) in [6.07, 6.45) is 1.77. The molecule has 7 nitrogen and oxygen atoms in total. The number of rotatable bonds is 3. The summed E-state index contributed by atoms with van der Waals surface area (Å²) in [7, 11) is -2.17. The highest BCUT2D eigenvalue weighted by molar-refractivity contribution is 7.93. The van der Waals surface area contributed by atoms with Crippen LogP contribution >= 0.6 is 11.3 Å². The molecule has 2 aromatic rings. The number of carbonyl (C=O) groups excluding carboxylic acids is 1. The Morgan fingerprint density at radius 3 is 2.95 bits per heavy atom. The van der Waals surface area contributed by atoms with Gasteiger partial charge in [-0.15, -0.1) is 11.3 Å². The third-order valence-corrected chi connectivity index (χ3v) is 5.36. The van der Waals surface area contributed by atoms with Gasteiger partial charge < -0.3 is 9.64 Å². The Bertz CT molecular complexity index is 803. The summed E-state index contributed by atoms with van der Waals surface area (Å²) in [5.74, 6) is 0.364. The zero-order valence-electron chi connectivity index (χ0n) is 11.6. The number of hydrogen-bond acceptors (Lipinski definition) is 6. The van der Waals surface area contributed by atoms with Crippen molar-refractivity contribution in [2.45, 2.75) is 11.3 Å². The first-order valence-electron chi connectivity index (χ1n) is 6.43. The van der Waals surface area contributed by atoms with Gasteiger partial charge in [-0.2, -0.15) is 0 Å².